The Morgan fingerprint density at radius 2 is 0.778 bits per heavy atom. The third kappa shape index (κ3) is 18.7. The van der Waals surface area contributed by atoms with E-state index in [1.165, 1.54) is 83.5 Å². The van der Waals surface area contributed by atoms with Crippen LogP contribution in [0.1, 0.15) is 96.8 Å². The van der Waals surface area contributed by atoms with Crippen LogP contribution in [0.5, 0.6) is 0 Å². The summed E-state index contributed by atoms with van der Waals surface area (Å²) >= 11 is 0. The van der Waals surface area contributed by atoms with Crippen LogP contribution in [0.25, 0.3) is 0 Å². The van der Waals surface area contributed by atoms with E-state index in [4.69, 9.17) is 5.11 Å². The molecule has 1 atom stereocenters. The Labute approximate surface area is 119 Å². The minimum Gasteiger partial charge on any atom is -0.396 e. The molecule has 0 aliphatic carbocycles. The zero-order chi connectivity index (χ0) is 12.6. The molecule has 0 aliphatic rings. The number of hydrogen-bond acceptors (Lipinski definition) is 1. The van der Waals surface area contributed by atoms with Crippen LogP contribution in [0, 0.1) is 0 Å². The van der Waals surface area contributed by atoms with E-state index < -0.39 is 0 Å². The number of hydrogen-bond donors (Lipinski definition) is 1. The van der Waals surface area contributed by atoms with Gasteiger partial charge in [-0.25, -0.2) is 0 Å². The van der Waals surface area contributed by atoms with Gasteiger partial charge in [0, 0.05) is 6.61 Å². The van der Waals surface area contributed by atoms with Crippen LogP contribution in [0.15, 0.2) is 0 Å². The van der Waals surface area contributed by atoms with Gasteiger partial charge in [0.15, 0.2) is 0 Å². The third-order valence-corrected chi connectivity index (χ3v) is 3.51. The highest BCUT2D eigenvalue weighted by molar-refractivity contribution is 6.92. The molecule has 1 nitrogen and oxygen atoms in total. The second kappa shape index (κ2) is 19.7. The first kappa shape index (κ1) is 20.7. The van der Waals surface area contributed by atoms with E-state index in [9.17, 15) is 0 Å². The molecule has 1 unspecified atom stereocenters. The molecule has 0 heterocycles. The fourth-order valence-electron chi connectivity index (χ4n) is 2.31. The summed E-state index contributed by atoms with van der Waals surface area (Å²) in [5.41, 5.74) is 0. The van der Waals surface area contributed by atoms with Gasteiger partial charge in [-0.3, -0.25) is 0 Å². The maximum Gasteiger partial charge on any atom is 0.0431 e. The van der Waals surface area contributed by atoms with Crippen LogP contribution >= 0.6 is 9.90 Å². The molecule has 2 heteroatoms. The summed E-state index contributed by atoms with van der Waals surface area (Å²) in [5, 5.41) is 8.64. The van der Waals surface area contributed by atoms with Crippen molar-refractivity contribution in [3.63, 3.8) is 0 Å². The summed E-state index contributed by atoms with van der Waals surface area (Å²) in [6.07, 6.45) is 19.2. The lowest BCUT2D eigenvalue weighted by Gasteiger charge is -2.02. The summed E-state index contributed by atoms with van der Waals surface area (Å²) in [7, 11) is 0. The van der Waals surface area contributed by atoms with Crippen molar-refractivity contribution >= 4 is 9.90 Å². The molecule has 0 aromatic heterocycles. The minimum atomic E-state index is 0. The number of aliphatic hydroxyl groups is 1. The number of aliphatic hydroxyl groups excluding tert-OH is 1. The first-order chi connectivity index (χ1) is 8.41. The summed E-state index contributed by atoms with van der Waals surface area (Å²) < 4.78 is 0. The van der Waals surface area contributed by atoms with Crippen LogP contribution in [0.4, 0.5) is 0 Å². The molecule has 0 spiro atoms. The molecule has 0 rings (SSSR count). The lowest BCUT2D eigenvalue weighted by atomic mass is 10.0. The molecule has 112 valence electrons. The van der Waals surface area contributed by atoms with Gasteiger partial charge >= 0.3 is 0 Å². The predicted octanol–water partition coefficient (Wildman–Crippen LogP) is 5.52. The zero-order valence-corrected chi connectivity index (χ0v) is 14.2. The Bertz CT molecular complexity index is 114. The van der Waals surface area contributed by atoms with E-state index in [-0.39, 0.29) is 9.90 Å². The van der Waals surface area contributed by atoms with Crippen LogP contribution in [0.2, 0.25) is 0 Å². The molecule has 0 saturated heterocycles. The maximum absolute atomic E-state index is 8.64. The lowest BCUT2D eigenvalue weighted by molar-refractivity contribution is 0.282. The van der Waals surface area contributed by atoms with Crippen LogP contribution in [-0.4, -0.2) is 11.7 Å². The molecule has 18 heavy (non-hydrogen) atoms. The molecule has 1 N–H and O–H groups in total. The molecule has 0 saturated carbocycles. The van der Waals surface area contributed by atoms with Crippen molar-refractivity contribution in [2.45, 2.75) is 96.8 Å². The fraction of sp³-hybridized carbons (Fsp3) is 1.00. The molecular formula is C16H37OP. The second-order valence-electron chi connectivity index (χ2n) is 5.32. The van der Waals surface area contributed by atoms with Gasteiger partial charge in [-0.1, -0.05) is 90.4 Å². The molecule has 0 amide bonds. The Kier molecular flexibility index (Phi) is 22.7. The van der Waals surface area contributed by atoms with E-state index >= 15 is 0 Å². The van der Waals surface area contributed by atoms with Crippen molar-refractivity contribution in [1.82, 2.24) is 0 Å². The molecule has 0 bridgehead atoms. The number of unbranched alkanes of at least 4 members (excludes halogenated alkanes) is 13. The first-order valence-corrected chi connectivity index (χ1v) is 8.02. The van der Waals surface area contributed by atoms with Crippen LogP contribution in [-0.2, 0) is 0 Å². The van der Waals surface area contributed by atoms with E-state index in [0.717, 1.165) is 6.42 Å². The van der Waals surface area contributed by atoms with Crippen molar-refractivity contribution in [2.75, 3.05) is 6.61 Å². The van der Waals surface area contributed by atoms with Gasteiger partial charge in [0.25, 0.3) is 0 Å². The quantitative estimate of drug-likeness (QED) is 0.327. The highest BCUT2D eigenvalue weighted by Gasteiger charge is 1.93. The van der Waals surface area contributed by atoms with Gasteiger partial charge in [-0.15, -0.1) is 0 Å². The van der Waals surface area contributed by atoms with Gasteiger partial charge in [-0.05, 0) is 6.42 Å². The molecule has 0 aromatic rings. The minimum absolute atomic E-state index is 0. The zero-order valence-electron chi connectivity index (χ0n) is 12.8. The van der Waals surface area contributed by atoms with Crippen LogP contribution < -0.4 is 0 Å². The van der Waals surface area contributed by atoms with Crippen molar-refractivity contribution in [2.24, 2.45) is 0 Å². The highest BCUT2D eigenvalue weighted by Crippen LogP contribution is 2.12. The normalized spacial score (nSPS) is 10.3. The monoisotopic (exact) mass is 276 g/mol. The smallest absolute Gasteiger partial charge is 0.0431 e. The Morgan fingerprint density at radius 1 is 0.500 bits per heavy atom. The van der Waals surface area contributed by atoms with Gasteiger partial charge in [0.1, 0.15) is 0 Å². The first-order valence-electron chi connectivity index (χ1n) is 8.02. The standard InChI is InChI=1S/C16H34O.H3P/c1-2-3-4-5-6-7-8-9-10-11-12-13-14-15-16-17;/h17H,2-16H2,1H3;1H3. The van der Waals surface area contributed by atoms with E-state index in [0.29, 0.717) is 6.61 Å². The summed E-state index contributed by atoms with van der Waals surface area (Å²) in [4.78, 5) is 0. The maximum atomic E-state index is 8.64. The summed E-state index contributed by atoms with van der Waals surface area (Å²) in [6.45, 7) is 2.65. The van der Waals surface area contributed by atoms with Gasteiger partial charge < -0.3 is 5.11 Å². The average Bonchev–Trinajstić information content (AvgIpc) is 2.35. The average molecular weight is 276 g/mol. The molecular weight excluding hydrogens is 239 g/mol. The van der Waals surface area contributed by atoms with Crippen molar-refractivity contribution in [1.29, 1.82) is 0 Å². The highest BCUT2D eigenvalue weighted by atomic mass is 31.0. The third-order valence-electron chi connectivity index (χ3n) is 3.51. The van der Waals surface area contributed by atoms with Crippen LogP contribution in [0.3, 0.4) is 0 Å². The SMILES string of the molecule is CCCCCCCCCCCCCCCCO.P. The molecule has 0 aliphatic heterocycles. The van der Waals surface area contributed by atoms with Crippen molar-refractivity contribution in [3.05, 3.63) is 0 Å². The van der Waals surface area contributed by atoms with Crippen molar-refractivity contribution < 1.29 is 5.11 Å². The largest absolute Gasteiger partial charge is 0.396 e. The van der Waals surface area contributed by atoms with E-state index in [2.05, 4.69) is 6.92 Å². The summed E-state index contributed by atoms with van der Waals surface area (Å²) in [5.74, 6) is 0. The van der Waals surface area contributed by atoms with E-state index in [1.807, 2.05) is 0 Å². The lowest BCUT2D eigenvalue weighted by Crippen LogP contribution is -1.84. The van der Waals surface area contributed by atoms with Crippen molar-refractivity contribution in [3.8, 4) is 0 Å². The Hall–Kier alpha value is 0.390. The van der Waals surface area contributed by atoms with E-state index in [1.54, 1.807) is 0 Å². The molecule has 0 aromatic carbocycles. The molecule has 0 fully saturated rings. The predicted molar refractivity (Wildman–Crippen MR) is 88.5 cm³/mol. The molecule has 0 radical (unpaired) electrons. The van der Waals surface area contributed by atoms with Gasteiger partial charge in [0.2, 0.25) is 0 Å². The van der Waals surface area contributed by atoms with Gasteiger partial charge in [0.05, 0.1) is 0 Å². The summed E-state index contributed by atoms with van der Waals surface area (Å²) in [6, 6.07) is 0. The second-order valence-corrected chi connectivity index (χ2v) is 5.32. The Morgan fingerprint density at radius 3 is 1.06 bits per heavy atom. The fourth-order valence-corrected chi connectivity index (χ4v) is 2.31. The topological polar surface area (TPSA) is 20.2 Å². The Balaban J connectivity index is 0. The number of rotatable bonds is 14. The van der Waals surface area contributed by atoms with Gasteiger partial charge in [-0.2, -0.15) is 9.90 Å².